The minimum Gasteiger partial charge on any atom is -0.497 e. The third-order valence-corrected chi connectivity index (χ3v) is 3.89. The van der Waals surface area contributed by atoms with E-state index in [2.05, 4.69) is 5.32 Å². The number of nitrogens with one attached hydrogen (secondary N) is 1. The molecular weight excluding hydrogens is 333 g/mol. The molecule has 0 aromatic heterocycles. The molecule has 0 spiro atoms. The van der Waals surface area contributed by atoms with E-state index in [-0.39, 0.29) is 6.54 Å². The first-order valence-corrected chi connectivity index (χ1v) is 7.35. The molecule has 0 aliphatic heterocycles. The van der Waals surface area contributed by atoms with E-state index in [9.17, 15) is 5.11 Å². The van der Waals surface area contributed by atoms with Crippen LogP contribution in [0, 0.1) is 0 Å². The van der Waals surface area contributed by atoms with Gasteiger partial charge in [-0.2, -0.15) is 0 Å². The Morgan fingerprint density at radius 3 is 2.52 bits per heavy atom. The quantitative estimate of drug-likeness (QED) is 0.817. The van der Waals surface area contributed by atoms with Crippen LogP contribution in [0.15, 0.2) is 36.4 Å². The van der Waals surface area contributed by atoms with Gasteiger partial charge in [0.25, 0.3) is 0 Å². The fourth-order valence-electron chi connectivity index (χ4n) is 1.85. The highest BCUT2D eigenvalue weighted by Crippen LogP contribution is 2.29. The van der Waals surface area contributed by atoms with E-state index in [1.165, 1.54) is 0 Å². The molecule has 21 heavy (non-hydrogen) atoms. The Bertz CT molecular complexity index is 634. The lowest BCUT2D eigenvalue weighted by atomic mass is 10.1. The second-order valence-electron chi connectivity index (χ2n) is 4.41. The van der Waals surface area contributed by atoms with E-state index < -0.39 is 6.10 Å². The first-order chi connectivity index (χ1) is 10.0. The molecule has 0 radical (unpaired) electrons. The third kappa shape index (κ3) is 4.17. The number of hydrogen-bond acceptors (Lipinski definition) is 3. The molecule has 0 saturated carbocycles. The second-order valence-corrected chi connectivity index (χ2v) is 5.66. The van der Waals surface area contributed by atoms with Gasteiger partial charge >= 0.3 is 0 Å². The number of ether oxygens (including phenoxy) is 1. The summed E-state index contributed by atoms with van der Waals surface area (Å²) < 4.78 is 5.14. The van der Waals surface area contributed by atoms with Gasteiger partial charge in [0.05, 0.1) is 23.9 Å². The predicted octanol–water partition coefficient (Wildman–Crippen LogP) is 4.80. The summed E-state index contributed by atoms with van der Waals surface area (Å²) in [6, 6.07) is 10.2. The summed E-state index contributed by atoms with van der Waals surface area (Å²) >= 11 is 18.1. The van der Waals surface area contributed by atoms with Gasteiger partial charge in [0.2, 0.25) is 0 Å². The van der Waals surface area contributed by atoms with Gasteiger partial charge in [-0.1, -0.05) is 34.8 Å². The molecule has 2 rings (SSSR count). The number of anilines is 1. The maximum absolute atomic E-state index is 10.2. The van der Waals surface area contributed by atoms with Crippen molar-refractivity contribution in [2.75, 3.05) is 19.0 Å². The summed E-state index contributed by atoms with van der Waals surface area (Å²) in [6.07, 6.45) is -0.807. The van der Waals surface area contributed by atoms with Gasteiger partial charge in [0, 0.05) is 28.2 Å². The number of aliphatic hydroxyl groups excluding tert-OH is 1. The van der Waals surface area contributed by atoms with E-state index in [0.717, 1.165) is 0 Å². The van der Waals surface area contributed by atoms with Gasteiger partial charge in [-0.05, 0) is 30.3 Å². The summed E-state index contributed by atoms with van der Waals surface area (Å²) in [5.74, 6) is 0.678. The van der Waals surface area contributed by atoms with E-state index in [1.807, 2.05) is 0 Å². The molecule has 0 fully saturated rings. The van der Waals surface area contributed by atoms with Crippen molar-refractivity contribution in [1.29, 1.82) is 0 Å². The number of hydrogen-bond donors (Lipinski definition) is 2. The minimum absolute atomic E-state index is 0.243. The van der Waals surface area contributed by atoms with Gasteiger partial charge in [-0.25, -0.2) is 0 Å². The summed E-state index contributed by atoms with van der Waals surface area (Å²) in [4.78, 5) is 0. The van der Waals surface area contributed by atoms with E-state index in [4.69, 9.17) is 39.5 Å². The van der Waals surface area contributed by atoms with Crippen molar-refractivity contribution in [3.63, 3.8) is 0 Å². The number of methoxy groups -OCH3 is 1. The summed E-state index contributed by atoms with van der Waals surface area (Å²) in [6.45, 7) is 0.243. The molecule has 1 unspecified atom stereocenters. The molecular formula is C15H14Cl3NO2. The fraction of sp³-hybridized carbons (Fsp3) is 0.200. The largest absolute Gasteiger partial charge is 0.497 e. The smallest absolute Gasteiger partial charge is 0.121 e. The standard InChI is InChI=1S/C15H14Cl3NO2/c1-21-10-3-5-13(18)14(7-10)19-8-15(20)11-6-9(16)2-4-12(11)17/h2-7,15,19-20H,8H2,1H3. The zero-order valence-electron chi connectivity index (χ0n) is 11.2. The Morgan fingerprint density at radius 1 is 1.10 bits per heavy atom. The highest BCUT2D eigenvalue weighted by Gasteiger charge is 2.13. The van der Waals surface area contributed by atoms with Gasteiger partial charge < -0.3 is 15.2 Å². The van der Waals surface area contributed by atoms with Crippen molar-refractivity contribution in [3.05, 3.63) is 57.0 Å². The van der Waals surface area contributed by atoms with E-state index in [0.29, 0.717) is 32.1 Å². The van der Waals surface area contributed by atoms with Crippen molar-refractivity contribution in [1.82, 2.24) is 0 Å². The van der Waals surface area contributed by atoms with Gasteiger partial charge in [0.15, 0.2) is 0 Å². The molecule has 0 heterocycles. The Balaban J connectivity index is 2.10. The summed E-state index contributed by atoms with van der Waals surface area (Å²) in [5.41, 5.74) is 1.24. The SMILES string of the molecule is COc1ccc(Cl)c(NCC(O)c2cc(Cl)ccc2Cl)c1. The van der Waals surface area contributed by atoms with Crippen molar-refractivity contribution in [2.24, 2.45) is 0 Å². The van der Waals surface area contributed by atoms with Crippen molar-refractivity contribution in [2.45, 2.75) is 6.10 Å². The van der Waals surface area contributed by atoms with Crippen LogP contribution in [-0.2, 0) is 0 Å². The fourth-order valence-corrected chi connectivity index (χ4v) is 2.46. The van der Waals surface area contributed by atoms with Crippen LogP contribution in [0.4, 0.5) is 5.69 Å². The lowest BCUT2D eigenvalue weighted by molar-refractivity contribution is 0.192. The number of rotatable bonds is 5. The van der Waals surface area contributed by atoms with Crippen LogP contribution in [0.3, 0.4) is 0 Å². The molecule has 3 nitrogen and oxygen atoms in total. The van der Waals surface area contributed by atoms with Crippen molar-refractivity contribution < 1.29 is 9.84 Å². The Hall–Kier alpha value is -1.13. The van der Waals surface area contributed by atoms with Crippen LogP contribution < -0.4 is 10.1 Å². The average molecular weight is 347 g/mol. The highest BCUT2D eigenvalue weighted by molar-refractivity contribution is 6.34. The van der Waals surface area contributed by atoms with Crippen LogP contribution in [0.2, 0.25) is 15.1 Å². The van der Waals surface area contributed by atoms with Gasteiger partial charge in [0.1, 0.15) is 5.75 Å². The minimum atomic E-state index is -0.807. The lowest BCUT2D eigenvalue weighted by Crippen LogP contribution is -2.13. The normalized spacial score (nSPS) is 12.0. The van der Waals surface area contributed by atoms with Crippen molar-refractivity contribution >= 4 is 40.5 Å². The molecule has 0 saturated heterocycles. The number of benzene rings is 2. The van der Waals surface area contributed by atoms with Crippen LogP contribution >= 0.6 is 34.8 Å². The Kier molecular flexibility index (Phi) is 5.59. The van der Waals surface area contributed by atoms with Crippen molar-refractivity contribution in [3.8, 4) is 5.75 Å². The van der Waals surface area contributed by atoms with Crippen LogP contribution in [0.25, 0.3) is 0 Å². The zero-order valence-corrected chi connectivity index (χ0v) is 13.5. The maximum atomic E-state index is 10.2. The van der Waals surface area contributed by atoms with Crippen LogP contribution in [0.5, 0.6) is 5.75 Å². The summed E-state index contributed by atoms with van der Waals surface area (Å²) in [7, 11) is 1.58. The van der Waals surface area contributed by atoms with Crippen LogP contribution in [0.1, 0.15) is 11.7 Å². The summed E-state index contributed by atoms with van der Waals surface area (Å²) in [5, 5.41) is 14.8. The number of aliphatic hydroxyl groups is 1. The molecule has 2 aromatic carbocycles. The lowest BCUT2D eigenvalue weighted by Gasteiger charge is -2.16. The van der Waals surface area contributed by atoms with E-state index >= 15 is 0 Å². The molecule has 0 bridgehead atoms. The Morgan fingerprint density at radius 2 is 1.81 bits per heavy atom. The monoisotopic (exact) mass is 345 g/mol. The van der Waals surface area contributed by atoms with Gasteiger partial charge in [-0.15, -0.1) is 0 Å². The molecule has 2 N–H and O–H groups in total. The highest BCUT2D eigenvalue weighted by atomic mass is 35.5. The topological polar surface area (TPSA) is 41.5 Å². The number of halogens is 3. The molecule has 6 heteroatoms. The molecule has 112 valence electrons. The first kappa shape index (κ1) is 16.2. The molecule has 0 amide bonds. The zero-order chi connectivity index (χ0) is 15.4. The molecule has 0 aliphatic rings. The van der Waals surface area contributed by atoms with Gasteiger partial charge in [-0.3, -0.25) is 0 Å². The average Bonchev–Trinajstić information content (AvgIpc) is 2.48. The van der Waals surface area contributed by atoms with Crippen LogP contribution in [-0.4, -0.2) is 18.8 Å². The third-order valence-electron chi connectivity index (χ3n) is 2.98. The van der Waals surface area contributed by atoms with E-state index in [1.54, 1.807) is 43.5 Å². The molecule has 2 aromatic rings. The molecule has 0 aliphatic carbocycles. The Labute approximate surface area is 138 Å². The molecule has 1 atom stereocenters. The second kappa shape index (κ2) is 7.23. The maximum Gasteiger partial charge on any atom is 0.121 e. The predicted molar refractivity (Wildman–Crippen MR) is 87.9 cm³/mol. The first-order valence-electron chi connectivity index (χ1n) is 6.21.